The maximum absolute atomic E-state index is 12.2. The molecule has 1 aromatic carbocycles. The first-order chi connectivity index (χ1) is 10.2. The van der Waals surface area contributed by atoms with Crippen molar-refractivity contribution in [2.45, 2.75) is 47.8 Å². The molecule has 21 heavy (non-hydrogen) atoms. The number of thioether (sulfide) groups is 1. The van der Waals surface area contributed by atoms with Crippen LogP contribution >= 0.6 is 11.8 Å². The van der Waals surface area contributed by atoms with Crippen LogP contribution in [0.4, 0.5) is 4.79 Å². The van der Waals surface area contributed by atoms with Crippen LogP contribution in [-0.2, 0) is 11.2 Å². The molecule has 3 amide bonds. The van der Waals surface area contributed by atoms with Crippen LogP contribution in [-0.4, -0.2) is 34.2 Å². The Morgan fingerprint density at radius 3 is 2.76 bits per heavy atom. The summed E-state index contributed by atoms with van der Waals surface area (Å²) >= 11 is 1.84. The summed E-state index contributed by atoms with van der Waals surface area (Å²) in [6.07, 6.45) is 4.68. The van der Waals surface area contributed by atoms with Crippen molar-refractivity contribution in [2.24, 2.45) is 0 Å². The lowest BCUT2D eigenvalue weighted by Crippen LogP contribution is -2.49. The van der Waals surface area contributed by atoms with Gasteiger partial charge in [-0.2, -0.15) is 0 Å². The van der Waals surface area contributed by atoms with Crippen molar-refractivity contribution >= 4 is 23.7 Å². The predicted octanol–water partition coefficient (Wildman–Crippen LogP) is 2.57. The molecule has 1 aromatic rings. The maximum Gasteiger partial charge on any atom is 0.325 e. The third-order valence-corrected chi connectivity index (χ3v) is 6.24. The third-order valence-electron chi connectivity index (χ3n) is 4.94. The van der Waals surface area contributed by atoms with E-state index in [1.165, 1.54) is 10.5 Å². The Hall–Kier alpha value is -1.49. The van der Waals surface area contributed by atoms with E-state index in [4.69, 9.17) is 0 Å². The number of amides is 3. The van der Waals surface area contributed by atoms with Gasteiger partial charge in [-0.3, -0.25) is 10.1 Å². The first kappa shape index (κ1) is 13.2. The smallest absolute Gasteiger partial charge is 0.309 e. The molecule has 1 saturated carbocycles. The standard InChI is InChI=1S/C16H18N2O2S/c19-14-16(7-3-4-8-16)18(15(20)17-14)10-12-9-11-5-1-2-6-13(11)21-12/h1-2,5-6,12H,3-4,7-10H2,(H,17,19,20). The van der Waals surface area contributed by atoms with Gasteiger partial charge in [-0.1, -0.05) is 31.0 Å². The molecule has 1 unspecified atom stereocenters. The van der Waals surface area contributed by atoms with Crippen LogP contribution in [0.15, 0.2) is 29.2 Å². The minimum Gasteiger partial charge on any atom is -0.309 e. The number of imide groups is 1. The highest BCUT2D eigenvalue weighted by molar-refractivity contribution is 8.00. The zero-order valence-electron chi connectivity index (χ0n) is 11.8. The van der Waals surface area contributed by atoms with Gasteiger partial charge in [0.2, 0.25) is 0 Å². The second-order valence-corrected chi connectivity index (χ2v) is 7.50. The molecule has 1 N–H and O–H groups in total. The number of nitrogens with zero attached hydrogens (tertiary/aromatic N) is 1. The summed E-state index contributed by atoms with van der Waals surface area (Å²) in [6, 6.07) is 8.22. The highest BCUT2D eigenvalue weighted by Gasteiger charge is 2.54. The molecule has 1 aliphatic carbocycles. The van der Waals surface area contributed by atoms with E-state index < -0.39 is 5.54 Å². The second kappa shape index (κ2) is 4.77. The monoisotopic (exact) mass is 302 g/mol. The zero-order valence-corrected chi connectivity index (χ0v) is 12.6. The van der Waals surface area contributed by atoms with Gasteiger partial charge in [0.05, 0.1) is 0 Å². The summed E-state index contributed by atoms with van der Waals surface area (Å²) in [7, 11) is 0. The van der Waals surface area contributed by atoms with Crippen LogP contribution in [0.2, 0.25) is 0 Å². The van der Waals surface area contributed by atoms with Crippen molar-refractivity contribution in [3.8, 4) is 0 Å². The lowest BCUT2D eigenvalue weighted by molar-refractivity contribution is -0.126. The number of urea groups is 1. The Kier molecular flexibility index (Phi) is 2.99. The van der Waals surface area contributed by atoms with E-state index >= 15 is 0 Å². The van der Waals surface area contributed by atoms with E-state index in [2.05, 4.69) is 29.6 Å². The lowest BCUT2D eigenvalue weighted by Gasteiger charge is -2.33. The average molecular weight is 302 g/mol. The summed E-state index contributed by atoms with van der Waals surface area (Å²) < 4.78 is 0. The normalized spacial score (nSPS) is 26.5. The molecule has 2 aliphatic heterocycles. The van der Waals surface area contributed by atoms with Gasteiger partial charge in [0.15, 0.2) is 0 Å². The SMILES string of the molecule is O=C1NC(=O)C2(CCCC2)N1CC1Cc2ccccc2S1. The molecular weight excluding hydrogens is 284 g/mol. The number of benzene rings is 1. The molecule has 0 aromatic heterocycles. The Morgan fingerprint density at radius 2 is 2.00 bits per heavy atom. The molecule has 3 aliphatic rings. The van der Waals surface area contributed by atoms with Gasteiger partial charge in [0.1, 0.15) is 5.54 Å². The van der Waals surface area contributed by atoms with Gasteiger partial charge in [0.25, 0.3) is 5.91 Å². The Morgan fingerprint density at radius 1 is 1.24 bits per heavy atom. The minimum atomic E-state index is -0.549. The molecule has 2 heterocycles. The van der Waals surface area contributed by atoms with Gasteiger partial charge in [-0.05, 0) is 30.9 Å². The highest BCUT2D eigenvalue weighted by atomic mass is 32.2. The topological polar surface area (TPSA) is 49.4 Å². The fourth-order valence-electron chi connectivity index (χ4n) is 3.87. The molecule has 0 bridgehead atoms. The predicted molar refractivity (Wildman–Crippen MR) is 81.2 cm³/mol. The number of fused-ring (bicyclic) bond motifs is 1. The van der Waals surface area contributed by atoms with E-state index in [-0.39, 0.29) is 11.9 Å². The Balaban J connectivity index is 1.54. The maximum atomic E-state index is 12.2. The van der Waals surface area contributed by atoms with E-state index in [0.717, 1.165) is 32.1 Å². The number of hydrogen-bond donors (Lipinski definition) is 1. The van der Waals surface area contributed by atoms with Crippen molar-refractivity contribution in [1.29, 1.82) is 0 Å². The first-order valence-electron chi connectivity index (χ1n) is 7.57. The average Bonchev–Trinajstić information content (AvgIpc) is 3.15. The fourth-order valence-corrected chi connectivity index (χ4v) is 5.18. The summed E-state index contributed by atoms with van der Waals surface area (Å²) in [4.78, 5) is 27.6. The number of carbonyl (C=O) groups is 2. The van der Waals surface area contributed by atoms with Gasteiger partial charge in [-0.25, -0.2) is 4.79 Å². The number of rotatable bonds is 2. The van der Waals surface area contributed by atoms with E-state index in [0.29, 0.717) is 11.8 Å². The van der Waals surface area contributed by atoms with Crippen molar-refractivity contribution in [1.82, 2.24) is 10.2 Å². The van der Waals surface area contributed by atoms with E-state index in [1.54, 1.807) is 0 Å². The molecule has 4 nitrogen and oxygen atoms in total. The number of hydrogen-bond acceptors (Lipinski definition) is 3. The van der Waals surface area contributed by atoms with Gasteiger partial charge >= 0.3 is 6.03 Å². The van der Waals surface area contributed by atoms with Crippen LogP contribution in [0.1, 0.15) is 31.2 Å². The summed E-state index contributed by atoms with van der Waals surface area (Å²) in [5.41, 5.74) is 0.811. The van der Waals surface area contributed by atoms with Crippen molar-refractivity contribution in [3.05, 3.63) is 29.8 Å². The quantitative estimate of drug-likeness (QED) is 0.854. The molecule has 1 saturated heterocycles. The van der Waals surface area contributed by atoms with E-state index in [9.17, 15) is 9.59 Å². The lowest BCUT2D eigenvalue weighted by atomic mass is 9.95. The second-order valence-electron chi connectivity index (χ2n) is 6.16. The Labute approximate surface area is 128 Å². The van der Waals surface area contributed by atoms with Crippen LogP contribution in [0, 0.1) is 0 Å². The molecule has 1 spiro atoms. The molecule has 0 radical (unpaired) electrons. The Bertz CT molecular complexity index is 585. The molecule has 5 heteroatoms. The van der Waals surface area contributed by atoms with Crippen LogP contribution < -0.4 is 5.32 Å². The van der Waals surface area contributed by atoms with Crippen LogP contribution in [0.3, 0.4) is 0 Å². The summed E-state index contributed by atoms with van der Waals surface area (Å²) in [5, 5.41) is 2.89. The number of nitrogens with one attached hydrogen (secondary N) is 1. The first-order valence-corrected chi connectivity index (χ1v) is 8.45. The van der Waals surface area contributed by atoms with Crippen LogP contribution in [0.25, 0.3) is 0 Å². The number of carbonyl (C=O) groups excluding carboxylic acids is 2. The zero-order chi connectivity index (χ0) is 14.4. The third kappa shape index (κ3) is 1.98. The largest absolute Gasteiger partial charge is 0.325 e. The van der Waals surface area contributed by atoms with Crippen molar-refractivity contribution in [2.75, 3.05) is 6.54 Å². The van der Waals surface area contributed by atoms with Gasteiger partial charge in [-0.15, -0.1) is 11.8 Å². The van der Waals surface area contributed by atoms with Gasteiger partial charge in [0, 0.05) is 16.7 Å². The fraction of sp³-hybridized carbons (Fsp3) is 0.500. The molecule has 2 fully saturated rings. The van der Waals surface area contributed by atoms with E-state index in [1.807, 2.05) is 16.7 Å². The molecule has 1 atom stereocenters. The molecule has 4 rings (SSSR count). The van der Waals surface area contributed by atoms with Crippen molar-refractivity contribution in [3.63, 3.8) is 0 Å². The highest BCUT2D eigenvalue weighted by Crippen LogP contribution is 2.42. The molecule has 110 valence electrons. The van der Waals surface area contributed by atoms with Crippen LogP contribution in [0.5, 0.6) is 0 Å². The van der Waals surface area contributed by atoms with Crippen molar-refractivity contribution < 1.29 is 9.59 Å². The summed E-state index contributed by atoms with van der Waals surface area (Å²) in [5.74, 6) is -0.0782. The van der Waals surface area contributed by atoms with Gasteiger partial charge < -0.3 is 4.90 Å². The molecular formula is C16H18N2O2S. The minimum absolute atomic E-state index is 0.0782. The summed E-state index contributed by atoms with van der Waals surface area (Å²) in [6.45, 7) is 0.664.